The summed E-state index contributed by atoms with van der Waals surface area (Å²) >= 11 is 6.05. The molecular weight excluding hydrogens is 260 g/mol. The first-order valence-corrected chi connectivity index (χ1v) is 7.59. The van der Waals surface area contributed by atoms with Crippen LogP contribution in [0.1, 0.15) is 18.5 Å². The van der Waals surface area contributed by atoms with E-state index >= 15 is 0 Å². The molecule has 4 nitrogen and oxygen atoms in total. The summed E-state index contributed by atoms with van der Waals surface area (Å²) in [5.74, 6) is 0. The summed E-state index contributed by atoms with van der Waals surface area (Å²) in [5, 5.41) is 3.91. The Morgan fingerprint density at radius 3 is 2.53 bits per heavy atom. The quantitative estimate of drug-likeness (QED) is 0.775. The van der Waals surface area contributed by atoms with Gasteiger partial charge in [0.15, 0.2) is 0 Å². The molecule has 1 rings (SSSR count). The van der Waals surface area contributed by atoms with E-state index in [1.165, 1.54) is 0 Å². The summed E-state index contributed by atoms with van der Waals surface area (Å²) in [6.45, 7) is 2.91. The second kappa shape index (κ2) is 6.35. The maximum absolute atomic E-state index is 10.8. The minimum atomic E-state index is -3.11. The van der Waals surface area contributed by atoms with E-state index in [2.05, 4.69) is 10.0 Å². The van der Waals surface area contributed by atoms with Gasteiger partial charge < -0.3 is 5.32 Å². The topological polar surface area (TPSA) is 58.2 Å². The number of hydrogen-bond donors (Lipinski definition) is 2. The summed E-state index contributed by atoms with van der Waals surface area (Å²) in [7, 11) is -3.11. The van der Waals surface area contributed by atoms with Crippen molar-refractivity contribution in [1.82, 2.24) is 10.0 Å². The van der Waals surface area contributed by atoms with Gasteiger partial charge in [-0.2, -0.15) is 0 Å². The van der Waals surface area contributed by atoms with Gasteiger partial charge in [0.2, 0.25) is 10.0 Å². The molecule has 96 valence electrons. The van der Waals surface area contributed by atoms with Crippen molar-refractivity contribution in [2.45, 2.75) is 13.0 Å². The van der Waals surface area contributed by atoms with E-state index in [1.807, 2.05) is 31.2 Å². The third-order valence-corrected chi connectivity index (χ3v) is 3.38. The lowest BCUT2D eigenvalue weighted by molar-refractivity contribution is 0.556. The van der Waals surface area contributed by atoms with Gasteiger partial charge in [-0.15, -0.1) is 0 Å². The molecule has 1 aromatic rings. The molecule has 1 atom stereocenters. The van der Waals surface area contributed by atoms with Crippen molar-refractivity contribution < 1.29 is 8.42 Å². The minimum absolute atomic E-state index is 0.0880. The van der Waals surface area contributed by atoms with Crippen LogP contribution < -0.4 is 10.0 Å². The van der Waals surface area contributed by atoms with Crippen LogP contribution in [0, 0.1) is 0 Å². The van der Waals surface area contributed by atoms with Crippen LogP contribution in [0.4, 0.5) is 0 Å². The van der Waals surface area contributed by atoms with Gasteiger partial charge in [0.25, 0.3) is 0 Å². The van der Waals surface area contributed by atoms with Crippen molar-refractivity contribution in [2.75, 3.05) is 19.3 Å². The lowest BCUT2D eigenvalue weighted by atomic mass is 10.1. The first-order chi connectivity index (χ1) is 7.90. The molecule has 0 saturated heterocycles. The number of halogens is 1. The minimum Gasteiger partial charge on any atom is -0.309 e. The fourth-order valence-corrected chi connectivity index (χ4v) is 2.23. The average Bonchev–Trinajstić information content (AvgIpc) is 2.23. The molecule has 6 heteroatoms. The lowest BCUT2D eigenvalue weighted by Crippen LogP contribution is -2.32. The lowest BCUT2D eigenvalue weighted by Gasteiger charge is -2.15. The first kappa shape index (κ1) is 14.4. The standard InChI is InChI=1S/C11H17ClN2O2S/c1-9(10-5-3-4-6-11(10)12)13-7-8-14-17(2,15)16/h3-6,9,13-14H,7-8H2,1-2H3. The maximum Gasteiger partial charge on any atom is 0.208 e. The molecule has 17 heavy (non-hydrogen) atoms. The molecular formula is C11H17ClN2O2S. The third kappa shape index (κ3) is 5.50. The van der Waals surface area contributed by atoms with Gasteiger partial charge in [-0.1, -0.05) is 29.8 Å². The van der Waals surface area contributed by atoms with Crippen molar-refractivity contribution in [3.63, 3.8) is 0 Å². The Kier molecular flexibility index (Phi) is 5.39. The number of hydrogen-bond acceptors (Lipinski definition) is 3. The highest BCUT2D eigenvalue weighted by Crippen LogP contribution is 2.21. The largest absolute Gasteiger partial charge is 0.309 e. The van der Waals surface area contributed by atoms with Crippen LogP contribution in [-0.2, 0) is 10.0 Å². The van der Waals surface area contributed by atoms with Crippen molar-refractivity contribution in [2.24, 2.45) is 0 Å². The molecule has 0 amide bonds. The summed E-state index contributed by atoms with van der Waals surface area (Å²) in [5.41, 5.74) is 1.01. The van der Waals surface area contributed by atoms with Crippen LogP contribution in [0.5, 0.6) is 0 Å². The third-order valence-electron chi connectivity index (χ3n) is 2.31. The van der Waals surface area contributed by atoms with E-state index in [9.17, 15) is 8.42 Å². The van der Waals surface area contributed by atoms with Crippen LogP contribution in [0.25, 0.3) is 0 Å². The SMILES string of the molecule is CC(NCCNS(C)(=O)=O)c1ccccc1Cl. The zero-order chi connectivity index (χ0) is 12.9. The molecule has 0 fully saturated rings. The van der Waals surface area contributed by atoms with Crippen LogP contribution in [0.2, 0.25) is 5.02 Å². The molecule has 0 aromatic heterocycles. The van der Waals surface area contributed by atoms with Crippen LogP contribution in [0.15, 0.2) is 24.3 Å². The van der Waals surface area contributed by atoms with E-state index in [4.69, 9.17) is 11.6 Å². The summed E-state index contributed by atoms with van der Waals surface area (Å²) < 4.78 is 24.1. The van der Waals surface area contributed by atoms with E-state index in [1.54, 1.807) is 0 Å². The van der Waals surface area contributed by atoms with Gasteiger partial charge in [-0.25, -0.2) is 13.1 Å². The number of rotatable bonds is 6. The summed E-state index contributed by atoms with van der Waals surface area (Å²) in [6.07, 6.45) is 1.14. The Morgan fingerprint density at radius 2 is 1.94 bits per heavy atom. The zero-order valence-electron chi connectivity index (χ0n) is 9.90. The van der Waals surface area contributed by atoms with Crippen LogP contribution in [-0.4, -0.2) is 27.8 Å². The Hall–Kier alpha value is -0.620. The Morgan fingerprint density at radius 1 is 1.29 bits per heavy atom. The van der Waals surface area contributed by atoms with Crippen molar-refractivity contribution in [1.29, 1.82) is 0 Å². The Labute approximate surface area is 107 Å². The van der Waals surface area contributed by atoms with Gasteiger partial charge in [-0.05, 0) is 18.6 Å². The predicted molar refractivity (Wildman–Crippen MR) is 70.7 cm³/mol. The molecule has 1 unspecified atom stereocenters. The summed E-state index contributed by atoms with van der Waals surface area (Å²) in [4.78, 5) is 0. The van der Waals surface area contributed by atoms with Crippen molar-refractivity contribution >= 4 is 21.6 Å². The van der Waals surface area contributed by atoms with Gasteiger partial charge in [-0.3, -0.25) is 0 Å². The molecule has 1 aromatic carbocycles. The average molecular weight is 277 g/mol. The van der Waals surface area contributed by atoms with Gasteiger partial charge >= 0.3 is 0 Å². The van der Waals surface area contributed by atoms with E-state index in [0.717, 1.165) is 11.8 Å². The Balaban J connectivity index is 2.41. The molecule has 0 aliphatic rings. The second-order valence-electron chi connectivity index (χ2n) is 3.86. The Bertz CT molecular complexity index is 462. The van der Waals surface area contributed by atoms with Crippen molar-refractivity contribution in [3.05, 3.63) is 34.9 Å². The molecule has 0 radical (unpaired) electrons. The molecule has 0 saturated carbocycles. The number of benzene rings is 1. The highest BCUT2D eigenvalue weighted by Gasteiger charge is 2.08. The fraction of sp³-hybridized carbons (Fsp3) is 0.455. The van der Waals surface area contributed by atoms with E-state index in [0.29, 0.717) is 18.1 Å². The van der Waals surface area contributed by atoms with Crippen LogP contribution >= 0.6 is 11.6 Å². The molecule has 0 bridgehead atoms. The van der Waals surface area contributed by atoms with E-state index in [-0.39, 0.29) is 6.04 Å². The number of nitrogens with one attached hydrogen (secondary N) is 2. The number of sulfonamides is 1. The fourth-order valence-electron chi connectivity index (χ4n) is 1.46. The van der Waals surface area contributed by atoms with Gasteiger partial charge in [0, 0.05) is 24.2 Å². The highest BCUT2D eigenvalue weighted by molar-refractivity contribution is 7.88. The molecule has 0 aliphatic carbocycles. The maximum atomic E-state index is 10.8. The second-order valence-corrected chi connectivity index (χ2v) is 6.10. The predicted octanol–water partition coefficient (Wildman–Crippen LogP) is 1.54. The van der Waals surface area contributed by atoms with Gasteiger partial charge in [0.1, 0.15) is 0 Å². The van der Waals surface area contributed by atoms with E-state index < -0.39 is 10.0 Å². The molecule has 0 heterocycles. The first-order valence-electron chi connectivity index (χ1n) is 5.32. The van der Waals surface area contributed by atoms with Crippen LogP contribution in [0.3, 0.4) is 0 Å². The molecule has 0 aliphatic heterocycles. The molecule has 0 spiro atoms. The highest BCUT2D eigenvalue weighted by atomic mass is 35.5. The van der Waals surface area contributed by atoms with Gasteiger partial charge in [0.05, 0.1) is 6.26 Å². The summed E-state index contributed by atoms with van der Waals surface area (Å²) in [6, 6.07) is 7.68. The normalized spacial score (nSPS) is 13.6. The van der Waals surface area contributed by atoms with Crippen molar-refractivity contribution in [3.8, 4) is 0 Å². The molecule has 2 N–H and O–H groups in total. The zero-order valence-corrected chi connectivity index (χ0v) is 11.5. The smallest absolute Gasteiger partial charge is 0.208 e. The monoisotopic (exact) mass is 276 g/mol.